The third-order valence-electron chi connectivity index (χ3n) is 1.82. The molecule has 0 aliphatic rings. The van der Waals surface area contributed by atoms with E-state index < -0.39 is 0 Å². The Kier molecular flexibility index (Phi) is 2.70. The summed E-state index contributed by atoms with van der Waals surface area (Å²) in [6, 6.07) is 0.631. The number of imidazole rings is 1. The van der Waals surface area contributed by atoms with E-state index in [2.05, 4.69) is 4.98 Å². The first kappa shape index (κ1) is 9.06. The molecule has 12 heavy (non-hydrogen) atoms. The fourth-order valence-corrected chi connectivity index (χ4v) is 1.22. The van der Waals surface area contributed by atoms with Crippen molar-refractivity contribution in [2.45, 2.75) is 26.4 Å². The fourth-order valence-electron chi connectivity index (χ4n) is 1.22. The molecule has 1 aromatic heterocycles. The van der Waals surface area contributed by atoms with Crippen molar-refractivity contribution >= 4 is 0 Å². The number of hydrogen-bond donors (Lipinski definition) is 1. The Labute approximate surface area is 72.3 Å². The average molecular weight is 169 g/mol. The highest BCUT2D eigenvalue weighted by Gasteiger charge is 2.10. The van der Waals surface area contributed by atoms with Crippen LogP contribution < -0.4 is 10.5 Å². The Bertz CT molecular complexity index is 255. The van der Waals surface area contributed by atoms with Gasteiger partial charge in [-0.3, -0.25) is 4.57 Å². The largest absolute Gasteiger partial charge is 0.468 e. The van der Waals surface area contributed by atoms with Gasteiger partial charge in [0, 0.05) is 12.6 Å². The second-order valence-corrected chi connectivity index (χ2v) is 2.70. The van der Waals surface area contributed by atoms with Gasteiger partial charge in [-0.05, 0) is 13.8 Å². The maximum absolute atomic E-state index is 5.74. The van der Waals surface area contributed by atoms with E-state index in [9.17, 15) is 0 Å². The van der Waals surface area contributed by atoms with Crippen molar-refractivity contribution in [1.82, 2.24) is 9.55 Å². The van der Waals surface area contributed by atoms with Crippen molar-refractivity contribution in [2.75, 3.05) is 7.11 Å². The van der Waals surface area contributed by atoms with Crippen LogP contribution in [0.4, 0.5) is 0 Å². The first-order valence-electron chi connectivity index (χ1n) is 4.05. The first-order valence-corrected chi connectivity index (χ1v) is 4.05. The second-order valence-electron chi connectivity index (χ2n) is 2.70. The highest BCUT2D eigenvalue weighted by molar-refractivity contribution is 5.12. The normalized spacial score (nSPS) is 13.0. The lowest BCUT2D eigenvalue weighted by Gasteiger charge is -2.09. The second kappa shape index (κ2) is 3.58. The Morgan fingerprint density at radius 2 is 2.42 bits per heavy atom. The van der Waals surface area contributed by atoms with Crippen LogP contribution in [0.3, 0.4) is 0 Å². The molecule has 0 aromatic carbocycles. The summed E-state index contributed by atoms with van der Waals surface area (Å²) in [5.74, 6) is 0. The molecule has 0 radical (unpaired) electrons. The highest BCUT2D eigenvalue weighted by Crippen LogP contribution is 2.16. The molecular weight excluding hydrogens is 154 g/mol. The van der Waals surface area contributed by atoms with Crippen LogP contribution in [0.5, 0.6) is 6.01 Å². The summed E-state index contributed by atoms with van der Waals surface area (Å²) in [5.41, 5.74) is 6.75. The summed E-state index contributed by atoms with van der Waals surface area (Å²) in [7, 11) is 1.61. The van der Waals surface area contributed by atoms with Gasteiger partial charge in [0.15, 0.2) is 0 Å². The molecule has 4 heteroatoms. The van der Waals surface area contributed by atoms with E-state index in [0.717, 1.165) is 12.2 Å². The van der Waals surface area contributed by atoms with Gasteiger partial charge in [0.25, 0.3) is 6.01 Å². The molecule has 0 fully saturated rings. The minimum Gasteiger partial charge on any atom is -0.468 e. The SMILES string of the molecule is CCn1c(C(C)N)cnc1OC. The van der Waals surface area contributed by atoms with Crippen molar-refractivity contribution in [2.24, 2.45) is 5.73 Å². The molecule has 2 N–H and O–H groups in total. The van der Waals surface area contributed by atoms with Crippen LogP contribution in [-0.2, 0) is 6.54 Å². The summed E-state index contributed by atoms with van der Waals surface area (Å²) in [6.07, 6.45) is 1.76. The zero-order valence-corrected chi connectivity index (χ0v) is 7.74. The minimum atomic E-state index is 0.00125. The molecule has 1 aromatic rings. The molecule has 0 aliphatic heterocycles. The third kappa shape index (κ3) is 1.43. The van der Waals surface area contributed by atoms with Crippen LogP contribution in [0.1, 0.15) is 25.6 Å². The number of methoxy groups -OCH3 is 1. The van der Waals surface area contributed by atoms with Gasteiger partial charge in [0.1, 0.15) is 0 Å². The Morgan fingerprint density at radius 1 is 1.75 bits per heavy atom. The van der Waals surface area contributed by atoms with Gasteiger partial charge in [0.2, 0.25) is 0 Å². The van der Waals surface area contributed by atoms with Gasteiger partial charge in [-0.1, -0.05) is 0 Å². The Balaban J connectivity index is 3.05. The van der Waals surface area contributed by atoms with Crippen molar-refractivity contribution in [3.63, 3.8) is 0 Å². The van der Waals surface area contributed by atoms with E-state index >= 15 is 0 Å². The van der Waals surface area contributed by atoms with E-state index in [0.29, 0.717) is 6.01 Å². The number of ether oxygens (including phenoxy) is 1. The van der Waals surface area contributed by atoms with Crippen LogP contribution in [0.15, 0.2) is 6.20 Å². The van der Waals surface area contributed by atoms with Crippen LogP contribution >= 0.6 is 0 Å². The Hall–Kier alpha value is -1.03. The van der Waals surface area contributed by atoms with Crippen LogP contribution in [-0.4, -0.2) is 16.7 Å². The Morgan fingerprint density at radius 3 is 2.83 bits per heavy atom. The lowest BCUT2D eigenvalue weighted by Crippen LogP contribution is -2.12. The highest BCUT2D eigenvalue weighted by atomic mass is 16.5. The molecule has 0 saturated carbocycles. The molecule has 0 aliphatic carbocycles. The summed E-state index contributed by atoms with van der Waals surface area (Å²) in [4.78, 5) is 4.09. The molecule has 4 nitrogen and oxygen atoms in total. The molecule has 0 bridgehead atoms. The van der Waals surface area contributed by atoms with Gasteiger partial charge in [-0.25, -0.2) is 4.98 Å². The summed E-state index contributed by atoms with van der Waals surface area (Å²) < 4.78 is 7.03. The van der Waals surface area contributed by atoms with Gasteiger partial charge >= 0.3 is 0 Å². The molecule has 1 atom stereocenters. The van der Waals surface area contributed by atoms with Crippen LogP contribution in [0.25, 0.3) is 0 Å². The number of nitrogens with two attached hydrogens (primary N) is 1. The predicted molar refractivity (Wildman–Crippen MR) is 47.1 cm³/mol. The quantitative estimate of drug-likeness (QED) is 0.732. The summed E-state index contributed by atoms with van der Waals surface area (Å²) in [6.45, 7) is 4.80. The molecule has 0 saturated heterocycles. The lowest BCUT2D eigenvalue weighted by molar-refractivity contribution is 0.356. The number of rotatable bonds is 3. The van der Waals surface area contributed by atoms with Gasteiger partial charge in [0.05, 0.1) is 19.0 Å². The van der Waals surface area contributed by atoms with Crippen molar-refractivity contribution < 1.29 is 4.74 Å². The molecule has 68 valence electrons. The molecule has 0 amide bonds. The van der Waals surface area contributed by atoms with Crippen LogP contribution in [0, 0.1) is 0 Å². The standard InChI is InChI=1S/C8H15N3O/c1-4-11-7(6(2)9)5-10-8(11)12-3/h5-6H,4,9H2,1-3H3. The predicted octanol–water partition coefficient (Wildman–Crippen LogP) is 0.931. The van der Waals surface area contributed by atoms with Crippen molar-refractivity contribution in [3.8, 4) is 6.01 Å². The molecule has 1 heterocycles. The van der Waals surface area contributed by atoms with E-state index in [4.69, 9.17) is 10.5 Å². The van der Waals surface area contributed by atoms with Gasteiger partial charge in [-0.2, -0.15) is 0 Å². The smallest absolute Gasteiger partial charge is 0.296 e. The van der Waals surface area contributed by atoms with Crippen molar-refractivity contribution in [3.05, 3.63) is 11.9 Å². The van der Waals surface area contributed by atoms with E-state index in [1.54, 1.807) is 13.3 Å². The molecule has 1 unspecified atom stereocenters. The van der Waals surface area contributed by atoms with E-state index in [1.807, 2.05) is 18.4 Å². The fraction of sp³-hybridized carbons (Fsp3) is 0.625. The number of aromatic nitrogens is 2. The van der Waals surface area contributed by atoms with Gasteiger partial charge < -0.3 is 10.5 Å². The van der Waals surface area contributed by atoms with Crippen LogP contribution in [0.2, 0.25) is 0 Å². The molecule has 0 spiro atoms. The first-order chi connectivity index (χ1) is 5.70. The lowest BCUT2D eigenvalue weighted by atomic mass is 10.3. The zero-order chi connectivity index (χ0) is 9.14. The maximum Gasteiger partial charge on any atom is 0.296 e. The molecule has 1 rings (SSSR count). The topological polar surface area (TPSA) is 53.1 Å². The monoisotopic (exact) mass is 169 g/mol. The number of hydrogen-bond acceptors (Lipinski definition) is 3. The third-order valence-corrected chi connectivity index (χ3v) is 1.82. The average Bonchev–Trinajstić information content (AvgIpc) is 2.46. The van der Waals surface area contributed by atoms with E-state index in [1.165, 1.54) is 0 Å². The zero-order valence-electron chi connectivity index (χ0n) is 7.74. The van der Waals surface area contributed by atoms with E-state index in [-0.39, 0.29) is 6.04 Å². The number of nitrogens with zero attached hydrogens (tertiary/aromatic N) is 2. The molecular formula is C8H15N3O. The summed E-state index contributed by atoms with van der Waals surface area (Å²) in [5, 5.41) is 0. The van der Waals surface area contributed by atoms with Crippen molar-refractivity contribution in [1.29, 1.82) is 0 Å². The van der Waals surface area contributed by atoms with Gasteiger partial charge in [-0.15, -0.1) is 0 Å². The maximum atomic E-state index is 5.74. The minimum absolute atomic E-state index is 0.00125. The summed E-state index contributed by atoms with van der Waals surface area (Å²) >= 11 is 0.